The molecule has 1 rings (SSSR count). The van der Waals surface area contributed by atoms with E-state index in [1.54, 1.807) is 18.2 Å². The number of hydrogen-bond acceptors (Lipinski definition) is 3. The van der Waals surface area contributed by atoms with Gasteiger partial charge in [0.2, 0.25) is 5.91 Å². The number of methoxy groups -OCH3 is 1. The molecule has 0 aliphatic carbocycles. The summed E-state index contributed by atoms with van der Waals surface area (Å²) in [6.45, 7) is 0.520. The van der Waals surface area contributed by atoms with Gasteiger partial charge in [0.25, 0.3) is 0 Å². The van der Waals surface area contributed by atoms with Gasteiger partial charge in [-0.25, -0.2) is 0 Å². The third-order valence-corrected chi connectivity index (χ3v) is 2.26. The fraction of sp³-hybridized carbons (Fsp3) is 0.250. The predicted octanol–water partition coefficient (Wildman–Crippen LogP) is 1.51. The van der Waals surface area contributed by atoms with Crippen LogP contribution < -0.4 is 15.4 Å². The highest BCUT2D eigenvalue weighted by atomic mass is 35.5. The number of amides is 1. The molecule has 0 bridgehead atoms. The summed E-state index contributed by atoms with van der Waals surface area (Å²) in [5, 5.41) is 5.98. The van der Waals surface area contributed by atoms with Crippen molar-refractivity contribution in [3.63, 3.8) is 0 Å². The predicted molar refractivity (Wildman–Crippen MR) is 68.3 cm³/mol. The van der Waals surface area contributed by atoms with Crippen LogP contribution in [-0.4, -0.2) is 26.1 Å². The van der Waals surface area contributed by atoms with Crippen molar-refractivity contribution in [2.24, 2.45) is 0 Å². The molecule has 0 radical (unpaired) electrons. The Bertz CT molecular complexity index is 441. The van der Waals surface area contributed by atoms with Crippen molar-refractivity contribution >= 4 is 23.2 Å². The van der Waals surface area contributed by atoms with Gasteiger partial charge in [-0.2, -0.15) is 0 Å². The first-order chi connectivity index (χ1) is 8.17. The third-order valence-electron chi connectivity index (χ3n) is 1.95. The summed E-state index contributed by atoms with van der Waals surface area (Å²) in [6, 6.07) is 5.01. The molecule has 0 aliphatic rings. The molecule has 0 saturated heterocycles. The van der Waals surface area contributed by atoms with Gasteiger partial charge in [-0.05, 0) is 12.1 Å². The zero-order chi connectivity index (χ0) is 12.7. The minimum absolute atomic E-state index is 0.162. The van der Waals surface area contributed by atoms with E-state index in [1.807, 2.05) is 0 Å². The Balaban J connectivity index is 2.57. The molecule has 4 nitrogen and oxygen atoms in total. The lowest BCUT2D eigenvalue weighted by molar-refractivity contribution is -0.115. The molecule has 1 aromatic rings. The molecular weight excluding hydrogens is 240 g/mol. The van der Waals surface area contributed by atoms with Gasteiger partial charge in [-0.3, -0.25) is 10.1 Å². The highest BCUT2D eigenvalue weighted by Crippen LogP contribution is 2.27. The fourth-order valence-electron chi connectivity index (χ4n) is 1.19. The molecule has 17 heavy (non-hydrogen) atoms. The van der Waals surface area contributed by atoms with Crippen molar-refractivity contribution in [1.29, 1.82) is 0 Å². The van der Waals surface area contributed by atoms with Crippen LogP contribution in [0.1, 0.15) is 0 Å². The van der Waals surface area contributed by atoms with Gasteiger partial charge in [-0.1, -0.05) is 17.5 Å². The van der Waals surface area contributed by atoms with Crippen LogP contribution in [0.25, 0.3) is 0 Å². The number of hydrogen-bond donors (Lipinski definition) is 2. The van der Waals surface area contributed by atoms with Gasteiger partial charge in [0.1, 0.15) is 5.75 Å². The maximum Gasteiger partial charge on any atom is 0.238 e. The molecule has 1 aromatic carbocycles. The molecule has 0 aromatic heterocycles. The number of ether oxygens (including phenoxy) is 1. The summed E-state index contributed by atoms with van der Waals surface area (Å²) in [4.78, 5) is 11.5. The Morgan fingerprint density at radius 2 is 2.35 bits per heavy atom. The van der Waals surface area contributed by atoms with E-state index in [0.29, 0.717) is 23.0 Å². The lowest BCUT2D eigenvalue weighted by atomic mass is 10.3. The van der Waals surface area contributed by atoms with Crippen LogP contribution in [0.3, 0.4) is 0 Å². The van der Waals surface area contributed by atoms with Crippen LogP contribution in [0.2, 0.25) is 5.02 Å². The van der Waals surface area contributed by atoms with Crippen LogP contribution in [0.15, 0.2) is 18.2 Å². The minimum Gasteiger partial charge on any atom is -0.495 e. The molecule has 1 amide bonds. The summed E-state index contributed by atoms with van der Waals surface area (Å²) >= 11 is 5.86. The SMILES string of the molecule is C#CCNCC(=O)Nc1ccc(Cl)c(OC)c1. The molecule has 0 fully saturated rings. The Morgan fingerprint density at radius 3 is 3.00 bits per heavy atom. The van der Waals surface area contributed by atoms with Crippen LogP contribution >= 0.6 is 11.6 Å². The Labute approximate surface area is 105 Å². The second-order valence-corrected chi connectivity index (χ2v) is 3.61. The van der Waals surface area contributed by atoms with Crippen LogP contribution in [0.5, 0.6) is 5.75 Å². The fourth-order valence-corrected chi connectivity index (χ4v) is 1.39. The first-order valence-corrected chi connectivity index (χ1v) is 5.32. The van der Waals surface area contributed by atoms with E-state index >= 15 is 0 Å². The van der Waals surface area contributed by atoms with Crippen LogP contribution in [0.4, 0.5) is 5.69 Å². The van der Waals surface area contributed by atoms with Crippen molar-refractivity contribution in [3.8, 4) is 18.1 Å². The molecule has 0 aliphatic heterocycles. The van der Waals surface area contributed by atoms with Crippen LogP contribution in [-0.2, 0) is 4.79 Å². The number of carbonyl (C=O) groups excluding carboxylic acids is 1. The minimum atomic E-state index is -0.176. The van der Waals surface area contributed by atoms with E-state index in [4.69, 9.17) is 22.8 Å². The molecule has 2 N–H and O–H groups in total. The lowest BCUT2D eigenvalue weighted by Crippen LogP contribution is -2.28. The molecule has 0 saturated carbocycles. The largest absolute Gasteiger partial charge is 0.495 e. The monoisotopic (exact) mass is 252 g/mol. The van der Waals surface area contributed by atoms with E-state index in [2.05, 4.69) is 16.6 Å². The first-order valence-electron chi connectivity index (χ1n) is 4.95. The molecule has 90 valence electrons. The average Bonchev–Trinajstić information content (AvgIpc) is 2.32. The average molecular weight is 253 g/mol. The van der Waals surface area contributed by atoms with Crippen molar-refractivity contribution in [2.75, 3.05) is 25.5 Å². The van der Waals surface area contributed by atoms with Gasteiger partial charge >= 0.3 is 0 Å². The second-order valence-electron chi connectivity index (χ2n) is 3.21. The van der Waals surface area contributed by atoms with Gasteiger partial charge in [0, 0.05) is 11.8 Å². The molecule has 0 spiro atoms. The van der Waals surface area contributed by atoms with Crippen molar-refractivity contribution in [1.82, 2.24) is 5.32 Å². The highest BCUT2D eigenvalue weighted by molar-refractivity contribution is 6.32. The van der Waals surface area contributed by atoms with E-state index in [9.17, 15) is 4.79 Å². The number of halogens is 1. The summed E-state index contributed by atoms with van der Waals surface area (Å²) in [6.07, 6.45) is 5.05. The zero-order valence-electron chi connectivity index (χ0n) is 9.42. The summed E-state index contributed by atoms with van der Waals surface area (Å²) in [7, 11) is 1.52. The van der Waals surface area contributed by atoms with E-state index in [-0.39, 0.29) is 12.5 Å². The molecule has 0 heterocycles. The van der Waals surface area contributed by atoms with Crippen molar-refractivity contribution < 1.29 is 9.53 Å². The Hall–Kier alpha value is -1.70. The maximum absolute atomic E-state index is 11.5. The van der Waals surface area contributed by atoms with Crippen molar-refractivity contribution in [2.45, 2.75) is 0 Å². The third kappa shape index (κ3) is 4.35. The second kappa shape index (κ2) is 6.79. The van der Waals surface area contributed by atoms with Crippen molar-refractivity contribution in [3.05, 3.63) is 23.2 Å². The number of carbonyl (C=O) groups is 1. The zero-order valence-corrected chi connectivity index (χ0v) is 10.2. The normalized spacial score (nSPS) is 9.47. The molecule has 0 atom stereocenters. The first kappa shape index (κ1) is 13.4. The van der Waals surface area contributed by atoms with Gasteiger partial charge < -0.3 is 10.1 Å². The smallest absolute Gasteiger partial charge is 0.238 e. The summed E-state index contributed by atoms with van der Waals surface area (Å²) < 4.78 is 5.04. The van der Waals surface area contributed by atoms with Gasteiger partial charge in [0.05, 0.1) is 25.2 Å². The molecule has 5 heteroatoms. The topological polar surface area (TPSA) is 50.4 Å². The number of benzene rings is 1. The number of anilines is 1. The summed E-state index contributed by atoms with van der Waals surface area (Å²) in [5.74, 6) is 2.72. The number of terminal acetylenes is 1. The Kier molecular flexibility index (Phi) is 5.34. The van der Waals surface area contributed by atoms with E-state index in [1.165, 1.54) is 7.11 Å². The quantitative estimate of drug-likeness (QED) is 0.617. The number of rotatable bonds is 5. The van der Waals surface area contributed by atoms with Gasteiger partial charge in [0.15, 0.2) is 0 Å². The van der Waals surface area contributed by atoms with Crippen LogP contribution in [0, 0.1) is 12.3 Å². The standard InChI is InChI=1S/C12H13ClN2O2/c1-3-6-14-8-12(16)15-9-4-5-10(13)11(7-9)17-2/h1,4-5,7,14H,6,8H2,2H3,(H,15,16). The summed E-state index contributed by atoms with van der Waals surface area (Å²) in [5.41, 5.74) is 0.624. The Morgan fingerprint density at radius 1 is 1.59 bits per heavy atom. The number of nitrogens with one attached hydrogen (secondary N) is 2. The maximum atomic E-state index is 11.5. The lowest BCUT2D eigenvalue weighted by Gasteiger charge is -2.08. The van der Waals surface area contributed by atoms with Gasteiger partial charge in [-0.15, -0.1) is 6.42 Å². The van der Waals surface area contributed by atoms with E-state index < -0.39 is 0 Å². The molecular formula is C12H13ClN2O2. The molecule has 0 unspecified atom stereocenters. The highest BCUT2D eigenvalue weighted by Gasteiger charge is 2.05. The van der Waals surface area contributed by atoms with E-state index in [0.717, 1.165) is 0 Å².